The van der Waals surface area contributed by atoms with Gasteiger partial charge in [0.05, 0.1) is 0 Å². The molecule has 5 nitrogen and oxygen atoms in total. The summed E-state index contributed by atoms with van der Waals surface area (Å²) in [5.74, 6) is -5.48. The molecule has 0 spiro atoms. The molecule has 1 amide bonds. The minimum atomic E-state index is -3.51. The fourth-order valence-corrected chi connectivity index (χ4v) is 2.13. The first-order valence-corrected chi connectivity index (χ1v) is 6.07. The normalized spacial score (nSPS) is 25.0. The maximum atomic E-state index is 14.3. The average Bonchev–Trinajstić information content (AvgIpc) is 2.47. The maximum Gasteiger partial charge on any atom is 0.299 e. The van der Waals surface area contributed by atoms with E-state index in [4.69, 9.17) is 16.2 Å². The van der Waals surface area contributed by atoms with Crippen LogP contribution in [0.1, 0.15) is 22.8 Å². The van der Waals surface area contributed by atoms with Crippen LogP contribution in [0.25, 0.3) is 0 Å². The first-order chi connectivity index (χ1) is 9.67. The molecule has 0 saturated carbocycles. The molecule has 1 aromatic carbocycles. The highest BCUT2D eigenvalue weighted by Crippen LogP contribution is 2.43. The van der Waals surface area contributed by atoms with Gasteiger partial charge in [0.15, 0.2) is 5.54 Å². The highest BCUT2D eigenvalue weighted by Gasteiger charge is 2.54. The van der Waals surface area contributed by atoms with E-state index in [0.29, 0.717) is 0 Å². The van der Waals surface area contributed by atoms with E-state index >= 15 is 0 Å². The molecular formula is C13H14F3N3O2. The third-order valence-corrected chi connectivity index (χ3v) is 3.39. The molecule has 0 saturated heterocycles. The van der Waals surface area contributed by atoms with Gasteiger partial charge in [-0.05, 0) is 25.1 Å². The Hall–Kier alpha value is -2.09. The van der Waals surface area contributed by atoms with E-state index in [1.807, 2.05) is 0 Å². The SMILES string of the molecule is C[C@]1(c2cc(C(N)=O)ccc2F)N=C(N)COCC1(F)F. The topological polar surface area (TPSA) is 90.7 Å². The number of hydrogen-bond donors (Lipinski definition) is 2. The first-order valence-electron chi connectivity index (χ1n) is 6.07. The van der Waals surface area contributed by atoms with Gasteiger partial charge in [-0.1, -0.05) is 0 Å². The van der Waals surface area contributed by atoms with E-state index < -0.39 is 35.4 Å². The van der Waals surface area contributed by atoms with Gasteiger partial charge in [-0.2, -0.15) is 0 Å². The first kappa shape index (κ1) is 15.3. The van der Waals surface area contributed by atoms with Gasteiger partial charge in [-0.15, -0.1) is 0 Å². The molecule has 1 heterocycles. The lowest BCUT2D eigenvalue weighted by Gasteiger charge is -2.33. The highest BCUT2D eigenvalue weighted by molar-refractivity contribution is 5.93. The predicted octanol–water partition coefficient (Wildman–Crippen LogP) is 1.16. The number of nitrogens with zero attached hydrogens (tertiary/aromatic N) is 1. The quantitative estimate of drug-likeness (QED) is 0.859. The lowest BCUT2D eigenvalue weighted by atomic mass is 9.85. The molecule has 0 aliphatic carbocycles. The van der Waals surface area contributed by atoms with Gasteiger partial charge in [0, 0.05) is 11.1 Å². The molecule has 1 aliphatic rings. The molecule has 21 heavy (non-hydrogen) atoms. The van der Waals surface area contributed by atoms with E-state index in [2.05, 4.69) is 4.99 Å². The third kappa shape index (κ3) is 2.58. The number of nitrogens with two attached hydrogens (primary N) is 2. The number of rotatable bonds is 2. The summed E-state index contributed by atoms with van der Waals surface area (Å²) in [6, 6.07) is 2.98. The van der Waals surface area contributed by atoms with E-state index in [9.17, 15) is 18.0 Å². The number of benzene rings is 1. The molecule has 4 N–H and O–H groups in total. The Balaban J connectivity index is 2.68. The summed E-state index contributed by atoms with van der Waals surface area (Å²) in [6.45, 7) is -0.200. The summed E-state index contributed by atoms with van der Waals surface area (Å²) in [7, 11) is 0. The number of carbonyl (C=O) groups excluding carboxylic acids is 1. The molecule has 1 aromatic rings. The summed E-state index contributed by atoms with van der Waals surface area (Å²) in [5, 5.41) is 0. The van der Waals surface area contributed by atoms with Crippen LogP contribution in [0.5, 0.6) is 0 Å². The smallest absolute Gasteiger partial charge is 0.299 e. The number of halogens is 3. The molecule has 1 aliphatic heterocycles. The Morgan fingerprint density at radius 2 is 2.10 bits per heavy atom. The zero-order valence-corrected chi connectivity index (χ0v) is 11.2. The summed E-state index contributed by atoms with van der Waals surface area (Å²) >= 11 is 0. The Morgan fingerprint density at radius 3 is 2.71 bits per heavy atom. The van der Waals surface area contributed by atoms with Crippen molar-refractivity contribution in [3.05, 3.63) is 35.1 Å². The van der Waals surface area contributed by atoms with Crippen molar-refractivity contribution in [2.45, 2.75) is 18.4 Å². The van der Waals surface area contributed by atoms with Crippen molar-refractivity contribution in [1.82, 2.24) is 0 Å². The molecule has 0 radical (unpaired) electrons. The van der Waals surface area contributed by atoms with Crippen LogP contribution in [0.15, 0.2) is 23.2 Å². The number of hydrogen-bond acceptors (Lipinski definition) is 4. The zero-order chi connectivity index (χ0) is 15.8. The Labute approximate surface area is 118 Å². The summed E-state index contributed by atoms with van der Waals surface area (Å²) < 4.78 is 47.4. The molecular weight excluding hydrogens is 287 g/mol. The van der Waals surface area contributed by atoms with Crippen LogP contribution < -0.4 is 11.5 Å². The number of amidine groups is 1. The fourth-order valence-electron chi connectivity index (χ4n) is 2.13. The molecule has 114 valence electrons. The van der Waals surface area contributed by atoms with Gasteiger partial charge in [0.2, 0.25) is 5.91 Å². The number of primary amides is 1. The lowest BCUT2D eigenvalue weighted by Crippen LogP contribution is -2.45. The van der Waals surface area contributed by atoms with Crippen molar-refractivity contribution in [3.8, 4) is 0 Å². The minimum absolute atomic E-state index is 0.0950. The van der Waals surface area contributed by atoms with Gasteiger partial charge in [0.1, 0.15) is 24.9 Å². The lowest BCUT2D eigenvalue weighted by molar-refractivity contribution is -0.116. The van der Waals surface area contributed by atoms with Crippen molar-refractivity contribution in [2.24, 2.45) is 16.5 Å². The monoisotopic (exact) mass is 301 g/mol. The molecule has 1 atom stereocenters. The van der Waals surface area contributed by atoms with Crippen molar-refractivity contribution >= 4 is 11.7 Å². The predicted molar refractivity (Wildman–Crippen MR) is 69.7 cm³/mol. The Kier molecular flexibility index (Phi) is 3.66. The Bertz CT molecular complexity index is 619. The zero-order valence-electron chi connectivity index (χ0n) is 11.2. The van der Waals surface area contributed by atoms with Crippen molar-refractivity contribution in [1.29, 1.82) is 0 Å². The van der Waals surface area contributed by atoms with Gasteiger partial charge in [0.25, 0.3) is 5.92 Å². The second-order valence-electron chi connectivity index (χ2n) is 4.93. The van der Waals surface area contributed by atoms with Gasteiger partial charge >= 0.3 is 0 Å². The number of aliphatic imine (C=N–C) groups is 1. The van der Waals surface area contributed by atoms with Crippen LogP contribution in [-0.4, -0.2) is 30.9 Å². The number of carbonyl (C=O) groups is 1. The van der Waals surface area contributed by atoms with Crippen molar-refractivity contribution in [2.75, 3.05) is 13.2 Å². The highest BCUT2D eigenvalue weighted by atomic mass is 19.3. The van der Waals surface area contributed by atoms with Crippen LogP contribution in [0.2, 0.25) is 0 Å². The van der Waals surface area contributed by atoms with E-state index in [1.165, 1.54) is 0 Å². The minimum Gasteiger partial charge on any atom is -0.385 e. The standard InChI is InChI=1S/C13H14F3N3O2/c1-12(13(15,16)6-21-5-10(17)19-12)8-4-7(11(18)20)2-3-9(8)14/h2-4H,5-6H2,1H3,(H2,17,19)(H2,18,20)/t12-/m1/s1. The molecule has 8 heteroatoms. The Morgan fingerprint density at radius 1 is 1.43 bits per heavy atom. The van der Waals surface area contributed by atoms with Crippen LogP contribution in [0.3, 0.4) is 0 Å². The van der Waals surface area contributed by atoms with E-state index in [-0.39, 0.29) is 18.0 Å². The second-order valence-corrected chi connectivity index (χ2v) is 4.93. The summed E-state index contributed by atoms with van der Waals surface area (Å²) in [6.07, 6.45) is 0. The number of amides is 1. The van der Waals surface area contributed by atoms with E-state index in [1.54, 1.807) is 0 Å². The van der Waals surface area contributed by atoms with E-state index in [0.717, 1.165) is 25.1 Å². The van der Waals surface area contributed by atoms with Gasteiger partial charge in [-0.25, -0.2) is 13.2 Å². The number of alkyl halides is 2. The average molecular weight is 301 g/mol. The van der Waals surface area contributed by atoms with Crippen molar-refractivity contribution in [3.63, 3.8) is 0 Å². The molecule has 0 unspecified atom stereocenters. The maximum absolute atomic E-state index is 14.3. The largest absolute Gasteiger partial charge is 0.385 e. The number of ether oxygens (including phenoxy) is 1. The van der Waals surface area contributed by atoms with Gasteiger partial charge in [-0.3, -0.25) is 9.79 Å². The molecule has 0 fully saturated rings. The fraction of sp³-hybridized carbons (Fsp3) is 0.385. The summed E-state index contributed by atoms with van der Waals surface area (Å²) in [5.41, 5.74) is 7.75. The second kappa shape index (κ2) is 5.03. The van der Waals surface area contributed by atoms with Gasteiger partial charge < -0.3 is 16.2 Å². The summed E-state index contributed by atoms with van der Waals surface area (Å²) in [4.78, 5) is 14.9. The van der Waals surface area contributed by atoms with Crippen LogP contribution in [0, 0.1) is 5.82 Å². The van der Waals surface area contributed by atoms with Crippen LogP contribution >= 0.6 is 0 Å². The van der Waals surface area contributed by atoms with Crippen LogP contribution in [-0.2, 0) is 10.3 Å². The molecule has 2 rings (SSSR count). The molecule has 0 bridgehead atoms. The van der Waals surface area contributed by atoms with Crippen molar-refractivity contribution < 1.29 is 22.7 Å². The van der Waals surface area contributed by atoms with Crippen LogP contribution in [0.4, 0.5) is 13.2 Å². The third-order valence-electron chi connectivity index (χ3n) is 3.39. The molecule has 0 aromatic heterocycles.